The number of rotatable bonds is 3. The van der Waals surface area contributed by atoms with Crippen LogP contribution in [0.3, 0.4) is 0 Å². The number of hydrogen-bond donors (Lipinski definition) is 1. The highest BCUT2D eigenvalue weighted by Gasteiger charge is 2.44. The summed E-state index contributed by atoms with van der Waals surface area (Å²) < 4.78 is 6.58. The molecule has 0 radical (unpaired) electrons. The number of amides is 2. The predicted octanol–water partition coefficient (Wildman–Crippen LogP) is 3.56. The van der Waals surface area contributed by atoms with Crippen LogP contribution in [0.4, 0.5) is 4.79 Å². The topological polar surface area (TPSA) is 44.8 Å². The van der Waals surface area contributed by atoms with Crippen molar-refractivity contribution in [1.29, 1.82) is 0 Å². The molecule has 146 valence electrons. The van der Waals surface area contributed by atoms with Gasteiger partial charge in [-0.15, -0.1) is 0 Å². The fourth-order valence-electron chi connectivity index (χ4n) is 4.95. The van der Waals surface area contributed by atoms with E-state index in [2.05, 4.69) is 29.6 Å². The molecule has 1 unspecified atom stereocenters. The molecule has 4 aliphatic rings. The van der Waals surface area contributed by atoms with Crippen LogP contribution in [0, 0.1) is 5.92 Å². The molecule has 1 aromatic rings. The lowest BCUT2D eigenvalue weighted by molar-refractivity contribution is -0.0194. The van der Waals surface area contributed by atoms with Gasteiger partial charge in [0, 0.05) is 57.0 Å². The van der Waals surface area contributed by atoms with Crippen molar-refractivity contribution in [3.8, 4) is 5.75 Å². The molecule has 2 amide bonds. The number of ether oxygens (including phenoxy) is 1. The normalized spacial score (nSPS) is 26.7. The van der Waals surface area contributed by atoms with Gasteiger partial charge < -0.3 is 19.9 Å². The summed E-state index contributed by atoms with van der Waals surface area (Å²) in [5, 5.41) is 3.82. The maximum absolute atomic E-state index is 12.7. The summed E-state index contributed by atoms with van der Waals surface area (Å²) in [4.78, 5) is 16.8. The van der Waals surface area contributed by atoms with E-state index in [0.717, 1.165) is 76.5 Å². The van der Waals surface area contributed by atoms with Crippen LogP contribution in [0.15, 0.2) is 24.3 Å². The Balaban J connectivity index is 1.28. The SMILES string of the molecule is O=C(N1CCCC1)N1CCC2(CC1)CC(NCC1CC1)c1ccccc1O2. The minimum atomic E-state index is -0.128. The van der Waals surface area contributed by atoms with Gasteiger partial charge in [-0.25, -0.2) is 4.79 Å². The molecular weight excluding hydrogens is 338 g/mol. The van der Waals surface area contributed by atoms with E-state index >= 15 is 0 Å². The van der Waals surface area contributed by atoms with Crippen molar-refractivity contribution < 1.29 is 9.53 Å². The Morgan fingerprint density at radius 1 is 1.07 bits per heavy atom. The van der Waals surface area contributed by atoms with Gasteiger partial charge in [0.1, 0.15) is 11.4 Å². The number of hydrogen-bond acceptors (Lipinski definition) is 3. The molecule has 5 heteroatoms. The van der Waals surface area contributed by atoms with Gasteiger partial charge in [0.2, 0.25) is 0 Å². The van der Waals surface area contributed by atoms with Crippen molar-refractivity contribution in [1.82, 2.24) is 15.1 Å². The Kier molecular flexibility index (Phi) is 4.50. The first-order valence-corrected chi connectivity index (χ1v) is 10.8. The first-order valence-electron chi connectivity index (χ1n) is 10.8. The van der Waals surface area contributed by atoms with Gasteiger partial charge in [-0.3, -0.25) is 0 Å². The largest absolute Gasteiger partial charge is 0.487 e. The number of para-hydroxylation sites is 1. The van der Waals surface area contributed by atoms with Crippen LogP contribution in [0.2, 0.25) is 0 Å². The third-order valence-electron chi connectivity index (χ3n) is 6.87. The summed E-state index contributed by atoms with van der Waals surface area (Å²) in [6, 6.07) is 9.12. The molecule has 3 fully saturated rings. The van der Waals surface area contributed by atoms with Crippen molar-refractivity contribution in [2.45, 2.75) is 56.6 Å². The van der Waals surface area contributed by atoms with E-state index in [4.69, 9.17) is 4.74 Å². The molecule has 1 spiro atoms. The molecule has 1 aromatic carbocycles. The van der Waals surface area contributed by atoms with Crippen molar-refractivity contribution >= 4 is 6.03 Å². The van der Waals surface area contributed by atoms with Crippen LogP contribution >= 0.6 is 0 Å². The number of urea groups is 1. The molecule has 5 rings (SSSR count). The van der Waals surface area contributed by atoms with E-state index < -0.39 is 0 Å². The molecule has 3 heterocycles. The number of carbonyl (C=O) groups excluding carboxylic acids is 1. The third kappa shape index (κ3) is 3.54. The van der Waals surface area contributed by atoms with Crippen LogP contribution in [0.5, 0.6) is 5.75 Å². The summed E-state index contributed by atoms with van der Waals surface area (Å²) in [7, 11) is 0. The first kappa shape index (κ1) is 17.4. The molecule has 1 aliphatic carbocycles. The molecule has 0 aromatic heterocycles. The monoisotopic (exact) mass is 369 g/mol. The highest BCUT2D eigenvalue weighted by atomic mass is 16.5. The van der Waals surface area contributed by atoms with Crippen LogP contribution in [-0.2, 0) is 0 Å². The van der Waals surface area contributed by atoms with Gasteiger partial charge in [-0.2, -0.15) is 0 Å². The van der Waals surface area contributed by atoms with E-state index in [1.165, 1.54) is 18.4 Å². The van der Waals surface area contributed by atoms with Crippen molar-refractivity contribution in [2.24, 2.45) is 5.92 Å². The van der Waals surface area contributed by atoms with E-state index in [0.29, 0.717) is 6.04 Å². The minimum Gasteiger partial charge on any atom is -0.487 e. The highest BCUT2D eigenvalue weighted by molar-refractivity contribution is 5.74. The predicted molar refractivity (Wildman–Crippen MR) is 105 cm³/mol. The number of nitrogens with one attached hydrogen (secondary N) is 1. The second-order valence-corrected chi connectivity index (χ2v) is 8.90. The van der Waals surface area contributed by atoms with Crippen molar-refractivity contribution in [2.75, 3.05) is 32.7 Å². The van der Waals surface area contributed by atoms with Crippen LogP contribution < -0.4 is 10.1 Å². The van der Waals surface area contributed by atoms with E-state index in [9.17, 15) is 4.79 Å². The molecule has 1 saturated carbocycles. The number of benzene rings is 1. The van der Waals surface area contributed by atoms with E-state index in [-0.39, 0.29) is 11.6 Å². The molecule has 5 nitrogen and oxygen atoms in total. The van der Waals surface area contributed by atoms with Gasteiger partial charge in [0.05, 0.1) is 0 Å². The summed E-state index contributed by atoms with van der Waals surface area (Å²) in [5.74, 6) is 1.91. The van der Waals surface area contributed by atoms with Crippen molar-refractivity contribution in [3.63, 3.8) is 0 Å². The lowest BCUT2D eigenvalue weighted by Crippen LogP contribution is -2.54. The van der Waals surface area contributed by atoms with E-state index in [1.807, 2.05) is 9.80 Å². The summed E-state index contributed by atoms with van der Waals surface area (Å²) in [5.41, 5.74) is 1.18. The summed E-state index contributed by atoms with van der Waals surface area (Å²) in [6.45, 7) is 4.60. The zero-order valence-electron chi connectivity index (χ0n) is 16.2. The summed E-state index contributed by atoms with van der Waals surface area (Å²) >= 11 is 0. The standard InChI is InChI=1S/C22H31N3O2/c26-21(24-11-3-4-12-24)25-13-9-22(10-14-25)15-19(23-16-17-7-8-17)18-5-1-2-6-20(18)27-22/h1-2,5-6,17,19,23H,3-4,7-16H2. The first-order chi connectivity index (χ1) is 13.2. The van der Waals surface area contributed by atoms with Crippen LogP contribution in [0.25, 0.3) is 0 Å². The van der Waals surface area contributed by atoms with Crippen LogP contribution in [-0.4, -0.2) is 54.2 Å². The Morgan fingerprint density at radius 3 is 2.52 bits per heavy atom. The maximum Gasteiger partial charge on any atom is 0.320 e. The lowest BCUT2D eigenvalue weighted by atomic mass is 9.80. The second kappa shape index (κ2) is 7.01. The number of carbonyl (C=O) groups is 1. The Morgan fingerprint density at radius 2 is 1.78 bits per heavy atom. The average molecular weight is 370 g/mol. The van der Waals surface area contributed by atoms with Crippen LogP contribution in [0.1, 0.15) is 56.6 Å². The van der Waals surface area contributed by atoms with Gasteiger partial charge in [-0.05, 0) is 44.2 Å². The second-order valence-electron chi connectivity index (χ2n) is 8.90. The minimum absolute atomic E-state index is 0.128. The number of nitrogens with zero attached hydrogens (tertiary/aromatic N) is 2. The zero-order valence-corrected chi connectivity index (χ0v) is 16.2. The molecule has 1 atom stereocenters. The fourth-order valence-corrected chi connectivity index (χ4v) is 4.95. The zero-order chi connectivity index (χ0) is 18.3. The Labute approximate surface area is 162 Å². The third-order valence-corrected chi connectivity index (χ3v) is 6.87. The van der Waals surface area contributed by atoms with Gasteiger partial charge >= 0.3 is 6.03 Å². The van der Waals surface area contributed by atoms with Gasteiger partial charge in [0.15, 0.2) is 0 Å². The van der Waals surface area contributed by atoms with Gasteiger partial charge in [0.25, 0.3) is 0 Å². The fraction of sp³-hybridized carbons (Fsp3) is 0.682. The average Bonchev–Trinajstić information content (AvgIpc) is 3.37. The number of fused-ring (bicyclic) bond motifs is 1. The highest BCUT2D eigenvalue weighted by Crippen LogP contribution is 2.44. The molecular formula is C22H31N3O2. The number of likely N-dealkylation sites (tertiary alicyclic amines) is 2. The smallest absolute Gasteiger partial charge is 0.320 e. The maximum atomic E-state index is 12.7. The Hall–Kier alpha value is -1.75. The molecule has 1 N–H and O–H groups in total. The lowest BCUT2D eigenvalue weighted by Gasteiger charge is -2.47. The molecule has 0 bridgehead atoms. The molecule has 2 saturated heterocycles. The van der Waals surface area contributed by atoms with Crippen molar-refractivity contribution in [3.05, 3.63) is 29.8 Å². The quantitative estimate of drug-likeness (QED) is 0.886. The summed E-state index contributed by atoms with van der Waals surface area (Å²) in [6.07, 6.45) is 7.93. The number of piperidine rings is 1. The molecule has 27 heavy (non-hydrogen) atoms. The van der Waals surface area contributed by atoms with Gasteiger partial charge in [-0.1, -0.05) is 18.2 Å². The molecule has 3 aliphatic heterocycles. The van der Waals surface area contributed by atoms with E-state index in [1.54, 1.807) is 0 Å². The Bertz CT molecular complexity index is 689.